The van der Waals surface area contributed by atoms with Crippen molar-refractivity contribution in [2.45, 2.75) is 20.4 Å². The van der Waals surface area contributed by atoms with Gasteiger partial charge < -0.3 is 14.5 Å². The van der Waals surface area contributed by atoms with Crippen molar-refractivity contribution in [3.63, 3.8) is 0 Å². The normalized spacial score (nSPS) is 10.5. The van der Waals surface area contributed by atoms with Crippen LogP contribution in [0.3, 0.4) is 0 Å². The zero-order valence-corrected chi connectivity index (χ0v) is 14.2. The van der Waals surface area contributed by atoms with Gasteiger partial charge in [-0.05, 0) is 49.2 Å². The molecule has 1 heterocycles. The molecule has 2 aromatic carbocycles. The van der Waals surface area contributed by atoms with Crippen LogP contribution >= 0.6 is 0 Å². The first kappa shape index (κ1) is 16.7. The topological polar surface area (TPSA) is 77.2 Å². The number of rotatable bonds is 6. The molecule has 0 saturated heterocycles. The smallest absolute Gasteiger partial charge is 0.258 e. The highest BCUT2D eigenvalue weighted by molar-refractivity contribution is 5.77. The molecule has 0 spiro atoms. The Morgan fingerprint density at radius 3 is 2.64 bits per heavy atom. The molecule has 0 aliphatic heterocycles. The van der Waals surface area contributed by atoms with Crippen molar-refractivity contribution >= 4 is 5.91 Å². The van der Waals surface area contributed by atoms with Crippen molar-refractivity contribution in [2.24, 2.45) is 0 Å². The van der Waals surface area contributed by atoms with Crippen LogP contribution < -0.4 is 10.1 Å². The summed E-state index contributed by atoms with van der Waals surface area (Å²) in [5.41, 5.74) is 3.14. The molecule has 3 rings (SSSR count). The molecule has 0 aliphatic carbocycles. The molecule has 0 bridgehead atoms. The van der Waals surface area contributed by atoms with Gasteiger partial charge in [-0.2, -0.15) is 0 Å². The van der Waals surface area contributed by atoms with E-state index in [-0.39, 0.29) is 19.1 Å². The van der Waals surface area contributed by atoms with E-state index in [1.54, 1.807) is 0 Å². The van der Waals surface area contributed by atoms with E-state index in [2.05, 4.69) is 15.5 Å². The largest absolute Gasteiger partial charge is 0.484 e. The average Bonchev–Trinajstić information content (AvgIpc) is 3.11. The molecule has 0 atom stereocenters. The molecule has 0 radical (unpaired) electrons. The summed E-state index contributed by atoms with van der Waals surface area (Å²) in [7, 11) is 0. The fourth-order valence-electron chi connectivity index (χ4n) is 2.20. The number of carbonyl (C=O) groups excluding carboxylic acids is 1. The number of hydrogen-bond acceptors (Lipinski definition) is 5. The first-order valence-corrected chi connectivity index (χ1v) is 7.96. The van der Waals surface area contributed by atoms with Gasteiger partial charge in [0.05, 0.1) is 6.54 Å². The first-order chi connectivity index (χ1) is 12.1. The number of ether oxygens (including phenoxy) is 1. The van der Waals surface area contributed by atoms with E-state index in [1.165, 1.54) is 5.56 Å². The molecule has 1 aromatic heterocycles. The number of benzene rings is 2. The fraction of sp³-hybridized carbons (Fsp3) is 0.211. The summed E-state index contributed by atoms with van der Waals surface area (Å²) in [6.45, 7) is 4.12. The van der Waals surface area contributed by atoms with Crippen LogP contribution in [0.5, 0.6) is 5.75 Å². The highest BCUT2D eigenvalue weighted by Gasteiger charge is 2.10. The SMILES string of the molecule is Cc1ccc(OCC(=O)NCc2nnc(-c3ccccc3)o2)cc1C. The number of amides is 1. The van der Waals surface area contributed by atoms with Gasteiger partial charge in [-0.3, -0.25) is 4.79 Å². The zero-order valence-electron chi connectivity index (χ0n) is 14.2. The standard InChI is InChI=1S/C19H19N3O3/c1-13-8-9-16(10-14(13)2)24-12-17(23)20-11-18-21-22-19(25-18)15-6-4-3-5-7-15/h3-10H,11-12H2,1-2H3,(H,20,23). The average molecular weight is 337 g/mol. The van der Waals surface area contributed by atoms with Gasteiger partial charge in [-0.15, -0.1) is 10.2 Å². The molecule has 0 aliphatic rings. The summed E-state index contributed by atoms with van der Waals surface area (Å²) in [6, 6.07) is 15.2. The van der Waals surface area contributed by atoms with Crippen LogP contribution in [0.15, 0.2) is 52.9 Å². The monoisotopic (exact) mass is 337 g/mol. The lowest BCUT2D eigenvalue weighted by atomic mass is 10.1. The number of nitrogens with zero attached hydrogens (tertiary/aromatic N) is 2. The first-order valence-electron chi connectivity index (χ1n) is 7.96. The van der Waals surface area contributed by atoms with Crippen LogP contribution in [0.1, 0.15) is 17.0 Å². The van der Waals surface area contributed by atoms with E-state index < -0.39 is 0 Å². The lowest BCUT2D eigenvalue weighted by Gasteiger charge is -2.08. The van der Waals surface area contributed by atoms with E-state index in [1.807, 2.05) is 62.4 Å². The van der Waals surface area contributed by atoms with Crippen LogP contribution in [-0.4, -0.2) is 22.7 Å². The van der Waals surface area contributed by atoms with E-state index >= 15 is 0 Å². The van der Waals surface area contributed by atoms with E-state index in [9.17, 15) is 4.79 Å². The number of carbonyl (C=O) groups is 1. The third-order valence-electron chi connectivity index (χ3n) is 3.77. The quantitative estimate of drug-likeness (QED) is 0.748. The Hall–Kier alpha value is -3.15. The molecule has 1 amide bonds. The number of nitrogens with one attached hydrogen (secondary N) is 1. The van der Waals surface area contributed by atoms with Crippen LogP contribution in [-0.2, 0) is 11.3 Å². The minimum absolute atomic E-state index is 0.0673. The fourth-order valence-corrected chi connectivity index (χ4v) is 2.20. The van der Waals surface area contributed by atoms with Gasteiger partial charge in [-0.25, -0.2) is 0 Å². The van der Waals surface area contributed by atoms with Crippen molar-refractivity contribution in [1.29, 1.82) is 0 Å². The maximum absolute atomic E-state index is 11.9. The molecule has 0 saturated carbocycles. The number of aromatic nitrogens is 2. The Bertz CT molecular complexity index is 859. The Morgan fingerprint density at radius 1 is 1.08 bits per heavy atom. The van der Waals surface area contributed by atoms with Crippen LogP contribution in [0.25, 0.3) is 11.5 Å². The highest BCUT2D eigenvalue weighted by atomic mass is 16.5. The minimum Gasteiger partial charge on any atom is -0.484 e. The van der Waals surface area contributed by atoms with Crippen LogP contribution in [0.2, 0.25) is 0 Å². The van der Waals surface area contributed by atoms with Crippen molar-refractivity contribution < 1.29 is 13.9 Å². The van der Waals surface area contributed by atoms with Crippen molar-refractivity contribution in [3.05, 3.63) is 65.5 Å². The summed E-state index contributed by atoms with van der Waals surface area (Å²) in [5, 5.41) is 10.6. The van der Waals surface area contributed by atoms with Gasteiger partial charge in [0.15, 0.2) is 6.61 Å². The van der Waals surface area contributed by atoms with Crippen LogP contribution in [0, 0.1) is 13.8 Å². The maximum atomic E-state index is 11.9. The molecule has 6 nitrogen and oxygen atoms in total. The highest BCUT2D eigenvalue weighted by Crippen LogP contribution is 2.17. The maximum Gasteiger partial charge on any atom is 0.258 e. The summed E-state index contributed by atoms with van der Waals surface area (Å²) in [4.78, 5) is 11.9. The summed E-state index contributed by atoms with van der Waals surface area (Å²) < 4.78 is 11.0. The predicted octanol–water partition coefficient (Wildman–Crippen LogP) is 3.05. The second-order valence-corrected chi connectivity index (χ2v) is 5.68. The number of hydrogen-bond donors (Lipinski definition) is 1. The molecule has 128 valence electrons. The van der Waals surface area contributed by atoms with Crippen LogP contribution in [0.4, 0.5) is 0 Å². The van der Waals surface area contributed by atoms with Gasteiger partial charge in [0.1, 0.15) is 5.75 Å². The molecule has 3 aromatic rings. The third kappa shape index (κ3) is 4.44. The molecular formula is C19H19N3O3. The van der Waals surface area contributed by atoms with E-state index in [4.69, 9.17) is 9.15 Å². The zero-order chi connectivity index (χ0) is 17.6. The molecule has 1 N–H and O–H groups in total. The molecule has 0 fully saturated rings. The lowest BCUT2D eigenvalue weighted by molar-refractivity contribution is -0.123. The second kappa shape index (κ2) is 7.61. The Balaban J connectivity index is 1.49. The van der Waals surface area contributed by atoms with Crippen molar-refractivity contribution in [2.75, 3.05) is 6.61 Å². The summed E-state index contributed by atoms with van der Waals surface area (Å²) in [6.07, 6.45) is 0. The Labute approximate surface area is 145 Å². The molecular weight excluding hydrogens is 318 g/mol. The van der Waals surface area contributed by atoms with Gasteiger partial charge in [-0.1, -0.05) is 24.3 Å². The van der Waals surface area contributed by atoms with Crippen molar-refractivity contribution in [3.8, 4) is 17.2 Å². The Kier molecular flexibility index (Phi) is 5.09. The minimum atomic E-state index is -0.252. The summed E-state index contributed by atoms with van der Waals surface area (Å²) >= 11 is 0. The Morgan fingerprint density at radius 2 is 1.88 bits per heavy atom. The lowest BCUT2D eigenvalue weighted by Crippen LogP contribution is -2.28. The molecule has 25 heavy (non-hydrogen) atoms. The predicted molar refractivity (Wildman–Crippen MR) is 93.0 cm³/mol. The molecule has 0 unspecified atom stereocenters. The van der Waals surface area contributed by atoms with E-state index in [0.29, 0.717) is 17.5 Å². The van der Waals surface area contributed by atoms with Gasteiger partial charge in [0, 0.05) is 5.56 Å². The number of aryl methyl sites for hydroxylation is 2. The third-order valence-corrected chi connectivity index (χ3v) is 3.77. The van der Waals surface area contributed by atoms with Gasteiger partial charge in [0.2, 0.25) is 11.8 Å². The van der Waals surface area contributed by atoms with Crippen molar-refractivity contribution in [1.82, 2.24) is 15.5 Å². The molecule has 6 heteroatoms. The summed E-state index contributed by atoms with van der Waals surface area (Å²) in [5.74, 6) is 1.19. The van der Waals surface area contributed by atoms with Gasteiger partial charge in [0.25, 0.3) is 5.91 Å². The van der Waals surface area contributed by atoms with Gasteiger partial charge >= 0.3 is 0 Å². The second-order valence-electron chi connectivity index (χ2n) is 5.68. The van der Waals surface area contributed by atoms with E-state index in [0.717, 1.165) is 11.1 Å².